The van der Waals surface area contributed by atoms with Gasteiger partial charge in [-0.25, -0.2) is 18.4 Å². The quantitative estimate of drug-likeness (QED) is 0.520. The predicted octanol–water partition coefficient (Wildman–Crippen LogP) is 5.75. The van der Waals surface area contributed by atoms with Crippen molar-refractivity contribution in [3.05, 3.63) is 89.5 Å². The highest BCUT2D eigenvalue weighted by atomic mass is 19.1. The summed E-state index contributed by atoms with van der Waals surface area (Å²) in [6.07, 6.45) is 0.674. The van der Waals surface area contributed by atoms with Crippen molar-refractivity contribution in [3.63, 3.8) is 0 Å². The number of hydrogen-bond acceptors (Lipinski definition) is 2. The summed E-state index contributed by atoms with van der Waals surface area (Å²) in [6, 6.07) is 17.0. The van der Waals surface area contributed by atoms with Crippen LogP contribution in [0.5, 0.6) is 0 Å². The standard InChI is InChI=1S/C25H24F2N4O2/c1-17-7-9-21(10-8-17)28-24(32)29-22-5-2-3-6-23(22)31-12-4-11-30(25(31)33)16-18-13-19(26)15-20(27)14-18/h2-3,5-10,13-15H,4,11-12,16H2,1H3,(H2,28,29,32). The molecular weight excluding hydrogens is 426 g/mol. The van der Waals surface area contributed by atoms with Crippen LogP contribution in [0.1, 0.15) is 17.5 Å². The molecule has 0 aliphatic carbocycles. The summed E-state index contributed by atoms with van der Waals surface area (Å²) in [5.74, 6) is -1.36. The van der Waals surface area contributed by atoms with Gasteiger partial charge in [0.2, 0.25) is 0 Å². The molecule has 1 aliphatic rings. The molecule has 1 saturated heterocycles. The average Bonchev–Trinajstić information content (AvgIpc) is 2.77. The van der Waals surface area contributed by atoms with Gasteiger partial charge >= 0.3 is 12.1 Å². The number of hydrogen-bond donors (Lipinski definition) is 2. The van der Waals surface area contributed by atoms with Crippen LogP contribution in [0, 0.1) is 18.6 Å². The Kier molecular flexibility index (Phi) is 6.53. The van der Waals surface area contributed by atoms with Gasteiger partial charge in [-0.2, -0.15) is 0 Å². The minimum Gasteiger partial charge on any atom is -0.320 e. The number of anilines is 3. The van der Waals surface area contributed by atoms with E-state index in [1.165, 1.54) is 12.1 Å². The zero-order chi connectivity index (χ0) is 23.4. The average molecular weight is 450 g/mol. The van der Waals surface area contributed by atoms with Crippen LogP contribution < -0.4 is 15.5 Å². The summed E-state index contributed by atoms with van der Waals surface area (Å²) in [5.41, 5.74) is 3.15. The third-order valence-corrected chi connectivity index (χ3v) is 5.36. The Hall–Kier alpha value is -3.94. The van der Waals surface area contributed by atoms with Gasteiger partial charge in [0.1, 0.15) is 11.6 Å². The second-order valence-electron chi connectivity index (χ2n) is 7.95. The summed E-state index contributed by atoms with van der Waals surface area (Å²) < 4.78 is 27.1. The molecule has 4 rings (SSSR count). The molecule has 1 fully saturated rings. The van der Waals surface area contributed by atoms with Crippen molar-refractivity contribution in [3.8, 4) is 0 Å². The first-order valence-corrected chi connectivity index (χ1v) is 10.6. The van der Waals surface area contributed by atoms with E-state index in [1.54, 1.807) is 34.1 Å². The molecule has 1 aliphatic heterocycles. The lowest BCUT2D eigenvalue weighted by Crippen LogP contribution is -2.49. The van der Waals surface area contributed by atoms with Gasteiger partial charge in [0.25, 0.3) is 0 Å². The summed E-state index contributed by atoms with van der Waals surface area (Å²) in [6.45, 7) is 2.99. The Morgan fingerprint density at radius 1 is 0.939 bits per heavy atom. The molecule has 0 saturated carbocycles. The number of nitrogens with one attached hydrogen (secondary N) is 2. The summed E-state index contributed by atoms with van der Waals surface area (Å²) in [7, 11) is 0. The van der Waals surface area contributed by atoms with E-state index < -0.39 is 17.7 Å². The number of carbonyl (C=O) groups is 2. The van der Waals surface area contributed by atoms with Crippen LogP contribution in [-0.2, 0) is 6.54 Å². The highest BCUT2D eigenvalue weighted by Crippen LogP contribution is 2.29. The van der Waals surface area contributed by atoms with E-state index in [2.05, 4.69) is 10.6 Å². The van der Waals surface area contributed by atoms with Crippen LogP contribution in [0.25, 0.3) is 0 Å². The van der Waals surface area contributed by atoms with Crippen molar-refractivity contribution < 1.29 is 18.4 Å². The highest BCUT2D eigenvalue weighted by Gasteiger charge is 2.28. The summed E-state index contributed by atoms with van der Waals surface area (Å²) in [5, 5.41) is 5.59. The van der Waals surface area contributed by atoms with Gasteiger partial charge < -0.3 is 15.5 Å². The van der Waals surface area contributed by atoms with Gasteiger partial charge in [-0.15, -0.1) is 0 Å². The van der Waals surface area contributed by atoms with Crippen LogP contribution in [0.2, 0.25) is 0 Å². The fraction of sp³-hybridized carbons (Fsp3) is 0.200. The van der Waals surface area contributed by atoms with E-state index in [0.717, 1.165) is 11.6 Å². The summed E-state index contributed by atoms with van der Waals surface area (Å²) >= 11 is 0. The molecule has 0 atom stereocenters. The third kappa shape index (κ3) is 5.46. The lowest BCUT2D eigenvalue weighted by molar-refractivity contribution is 0.192. The van der Waals surface area contributed by atoms with Crippen LogP contribution in [0.15, 0.2) is 66.7 Å². The molecule has 6 nitrogen and oxygen atoms in total. The van der Waals surface area contributed by atoms with Gasteiger partial charge in [0, 0.05) is 31.4 Å². The fourth-order valence-corrected chi connectivity index (χ4v) is 3.81. The number of carbonyl (C=O) groups excluding carboxylic acids is 2. The Bertz CT molecular complexity index is 1150. The van der Waals surface area contributed by atoms with Gasteiger partial charge in [0.05, 0.1) is 11.4 Å². The topological polar surface area (TPSA) is 64.7 Å². The Balaban J connectivity index is 1.49. The molecule has 3 aromatic rings. The van der Waals surface area contributed by atoms with Crippen molar-refractivity contribution in [2.75, 3.05) is 28.6 Å². The van der Waals surface area contributed by atoms with E-state index in [9.17, 15) is 18.4 Å². The smallest absolute Gasteiger partial charge is 0.320 e. The Labute approximate surface area is 190 Å². The molecule has 3 aromatic carbocycles. The monoisotopic (exact) mass is 450 g/mol. The number of urea groups is 2. The number of halogens is 2. The first-order valence-electron chi connectivity index (χ1n) is 10.6. The molecule has 0 spiro atoms. The van der Waals surface area contributed by atoms with Gasteiger partial charge in [-0.05, 0) is 55.3 Å². The minimum atomic E-state index is -0.680. The van der Waals surface area contributed by atoms with Gasteiger partial charge in [-0.1, -0.05) is 29.8 Å². The molecule has 0 aromatic heterocycles. The predicted molar refractivity (Wildman–Crippen MR) is 124 cm³/mol. The first-order chi connectivity index (χ1) is 15.9. The maximum absolute atomic E-state index is 13.6. The van der Waals surface area contributed by atoms with E-state index in [1.807, 2.05) is 31.2 Å². The number of rotatable bonds is 5. The van der Waals surface area contributed by atoms with Crippen LogP contribution in [-0.4, -0.2) is 30.1 Å². The van der Waals surface area contributed by atoms with Crippen molar-refractivity contribution in [2.45, 2.75) is 19.9 Å². The number of benzene rings is 3. The lowest BCUT2D eigenvalue weighted by atomic mass is 10.1. The van der Waals surface area contributed by atoms with E-state index in [0.29, 0.717) is 42.1 Å². The minimum absolute atomic E-state index is 0.0908. The van der Waals surface area contributed by atoms with E-state index in [-0.39, 0.29) is 12.6 Å². The molecule has 8 heteroatoms. The third-order valence-electron chi connectivity index (χ3n) is 5.36. The zero-order valence-electron chi connectivity index (χ0n) is 18.1. The van der Waals surface area contributed by atoms with Crippen molar-refractivity contribution in [2.24, 2.45) is 0 Å². The first kappa shape index (κ1) is 22.3. The van der Waals surface area contributed by atoms with Gasteiger partial charge in [-0.3, -0.25) is 4.90 Å². The van der Waals surface area contributed by atoms with Gasteiger partial charge in [0.15, 0.2) is 0 Å². The fourth-order valence-electron chi connectivity index (χ4n) is 3.81. The molecule has 2 N–H and O–H groups in total. The van der Waals surface area contributed by atoms with Crippen molar-refractivity contribution in [1.29, 1.82) is 0 Å². The molecule has 0 unspecified atom stereocenters. The molecule has 4 amide bonds. The molecule has 0 bridgehead atoms. The molecule has 33 heavy (non-hydrogen) atoms. The van der Waals surface area contributed by atoms with Crippen LogP contribution >= 0.6 is 0 Å². The zero-order valence-corrected chi connectivity index (χ0v) is 18.1. The van der Waals surface area contributed by atoms with Crippen molar-refractivity contribution >= 4 is 29.1 Å². The number of para-hydroxylation sites is 2. The van der Waals surface area contributed by atoms with Crippen LogP contribution in [0.3, 0.4) is 0 Å². The Morgan fingerprint density at radius 3 is 2.36 bits per heavy atom. The lowest BCUT2D eigenvalue weighted by Gasteiger charge is -2.36. The number of amides is 4. The number of nitrogens with zero attached hydrogens (tertiary/aromatic N) is 2. The maximum atomic E-state index is 13.6. The van der Waals surface area contributed by atoms with E-state index >= 15 is 0 Å². The second-order valence-corrected chi connectivity index (χ2v) is 7.95. The Morgan fingerprint density at radius 2 is 1.64 bits per heavy atom. The van der Waals surface area contributed by atoms with E-state index in [4.69, 9.17) is 0 Å². The largest absolute Gasteiger partial charge is 0.324 e. The molecule has 0 radical (unpaired) electrons. The highest BCUT2D eigenvalue weighted by molar-refractivity contribution is 6.04. The molecular formula is C25H24F2N4O2. The SMILES string of the molecule is Cc1ccc(NC(=O)Nc2ccccc2N2CCCN(Cc3cc(F)cc(F)c3)C2=O)cc1. The molecule has 1 heterocycles. The number of aryl methyl sites for hydroxylation is 1. The second kappa shape index (κ2) is 9.68. The van der Waals surface area contributed by atoms with Crippen LogP contribution in [0.4, 0.5) is 35.4 Å². The van der Waals surface area contributed by atoms with Crippen molar-refractivity contribution in [1.82, 2.24) is 4.90 Å². The summed E-state index contributed by atoms with van der Waals surface area (Å²) in [4.78, 5) is 28.9. The molecule has 170 valence electrons. The normalized spacial score (nSPS) is 13.7. The maximum Gasteiger partial charge on any atom is 0.324 e.